The third-order valence-electron chi connectivity index (χ3n) is 2.94. The molecule has 2 nitrogen and oxygen atoms in total. The number of pyridine rings is 1. The van der Waals surface area contributed by atoms with E-state index < -0.39 is 0 Å². The molecule has 19 heavy (non-hydrogen) atoms. The van der Waals surface area contributed by atoms with E-state index in [2.05, 4.69) is 42.2 Å². The van der Waals surface area contributed by atoms with Crippen molar-refractivity contribution >= 4 is 11.3 Å². The maximum absolute atomic E-state index is 4.75. The summed E-state index contributed by atoms with van der Waals surface area (Å²) in [6.07, 6.45) is 4.63. The van der Waals surface area contributed by atoms with Gasteiger partial charge in [-0.25, -0.2) is 4.98 Å². The molecule has 0 bridgehead atoms. The van der Waals surface area contributed by atoms with Crippen LogP contribution in [0, 0.1) is 0 Å². The van der Waals surface area contributed by atoms with Gasteiger partial charge in [-0.15, -0.1) is 11.3 Å². The lowest BCUT2D eigenvalue weighted by atomic mass is 10.1. The quantitative estimate of drug-likeness (QED) is 0.700. The van der Waals surface area contributed by atoms with E-state index in [0.717, 1.165) is 22.7 Å². The molecule has 0 aliphatic heterocycles. The Labute approximate surface area is 116 Å². The van der Waals surface area contributed by atoms with Crippen molar-refractivity contribution in [1.82, 2.24) is 9.97 Å². The van der Waals surface area contributed by atoms with Crippen molar-refractivity contribution in [3.05, 3.63) is 59.9 Å². The molecule has 0 saturated heterocycles. The molecule has 2 heterocycles. The molecule has 0 radical (unpaired) electrons. The standard InChI is InChI=1S/C16H14N2S/c1-2-14-18-15(13-9-6-10-17-11-13)16(19-14)12-7-4-3-5-8-12/h3-11H,2H2,1H3. The SMILES string of the molecule is CCc1nc(-c2cccnc2)c(-c2ccccc2)s1. The van der Waals surface area contributed by atoms with Crippen LogP contribution in [0.2, 0.25) is 0 Å². The Morgan fingerprint density at radius 1 is 1.00 bits per heavy atom. The van der Waals surface area contributed by atoms with Crippen molar-refractivity contribution in [3.63, 3.8) is 0 Å². The van der Waals surface area contributed by atoms with Gasteiger partial charge in [0.15, 0.2) is 0 Å². The third kappa shape index (κ3) is 2.42. The molecule has 2 aromatic heterocycles. The lowest BCUT2D eigenvalue weighted by Crippen LogP contribution is -1.84. The Bertz CT molecular complexity index is 603. The van der Waals surface area contributed by atoms with Crippen molar-refractivity contribution in [2.45, 2.75) is 13.3 Å². The molecular formula is C16H14N2S. The number of benzene rings is 1. The Hall–Kier alpha value is -2.00. The minimum atomic E-state index is 0.963. The Morgan fingerprint density at radius 3 is 2.47 bits per heavy atom. The maximum atomic E-state index is 4.75. The van der Waals surface area contributed by atoms with Gasteiger partial charge in [0.2, 0.25) is 0 Å². The van der Waals surface area contributed by atoms with Crippen molar-refractivity contribution in [2.75, 3.05) is 0 Å². The first kappa shape index (κ1) is 12.1. The van der Waals surface area contributed by atoms with Crippen molar-refractivity contribution < 1.29 is 0 Å². The zero-order valence-electron chi connectivity index (χ0n) is 10.7. The summed E-state index contributed by atoms with van der Waals surface area (Å²) in [5.74, 6) is 0. The van der Waals surface area contributed by atoms with E-state index in [1.54, 1.807) is 17.5 Å². The first-order valence-electron chi connectivity index (χ1n) is 6.34. The second-order valence-corrected chi connectivity index (χ2v) is 5.33. The van der Waals surface area contributed by atoms with E-state index in [1.807, 2.05) is 18.3 Å². The van der Waals surface area contributed by atoms with Gasteiger partial charge >= 0.3 is 0 Å². The highest BCUT2D eigenvalue weighted by molar-refractivity contribution is 7.15. The van der Waals surface area contributed by atoms with E-state index >= 15 is 0 Å². The molecule has 1 aromatic carbocycles. The zero-order chi connectivity index (χ0) is 13.1. The fourth-order valence-corrected chi connectivity index (χ4v) is 3.03. The van der Waals surface area contributed by atoms with Gasteiger partial charge in [0, 0.05) is 18.0 Å². The summed E-state index contributed by atoms with van der Waals surface area (Å²) in [6, 6.07) is 14.4. The summed E-state index contributed by atoms with van der Waals surface area (Å²) in [5.41, 5.74) is 3.34. The molecule has 0 N–H and O–H groups in total. The number of hydrogen-bond donors (Lipinski definition) is 0. The van der Waals surface area contributed by atoms with Crippen LogP contribution >= 0.6 is 11.3 Å². The highest BCUT2D eigenvalue weighted by Gasteiger charge is 2.13. The van der Waals surface area contributed by atoms with E-state index in [9.17, 15) is 0 Å². The summed E-state index contributed by atoms with van der Waals surface area (Å²) in [5, 5.41) is 1.16. The highest BCUT2D eigenvalue weighted by atomic mass is 32.1. The van der Waals surface area contributed by atoms with Gasteiger partial charge in [-0.1, -0.05) is 37.3 Å². The average Bonchev–Trinajstić information content (AvgIpc) is 2.93. The fourth-order valence-electron chi connectivity index (χ4n) is 2.00. The number of hydrogen-bond acceptors (Lipinski definition) is 3. The van der Waals surface area contributed by atoms with Crippen LogP contribution in [0.3, 0.4) is 0 Å². The van der Waals surface area contributed by atoms with Gasteiger partial charge in [0.05, 0.1) is 15.6 Å². The molecule has 0 atom stereocenters. The summed E-state index contributed by atoms with van der Waals surface area (Å²) >= 11 is 1.77. The minimum Gasteiger partial charge on any atom is -0.264 e. The predicted octanol–water partition coefficient (Wildman–Crippen LogP) is 4.43. The molecule has 0 amide bonds. The lowest BCUT2D eigenvalue weighted by molar-refractivity contribution is 1.09. The van der Waals surface area contributed by atoms with Crippen LogP contribution < -0.4 is 0 Å². The van der Waals surface area contributed by atoms with Crippen LogP contribution in [0.4, 0.5) is 0 Å². The first-order valence-corrected chi connectivity index (χ1v) is 7.15. The smallest absolute Gasteiger partial charge is 0.0936 e. The molecule has 0 saturated carbocycles. The second-order valence-electron chi connectivity index (χ2n) is 4.25. The molecule has 0 aliphatic rings. The molecule has 0 aliphatic carbocycles. The molecule has 0 fully saturated rings. The molecule has 0 spiro atoms. The van der Waals surface area contributed by atoms with Crippen LogP contribution in [-0.4, -0.2) is 9.97 Å². The van der Waals surface area contributed by atoms with Crippen molar-refractivity contribution in [1.29, 1.82) is 0 Å². The van der Waals surface area contributed by atoms with Gasteiger partial charge in [-0.3, -0.25) is 4.98 Å². The number of aromatic nitrogens is 2. The molecule has 3 rings (SSSR count). The number of thiazole rings is 1. The van der Waals surface area contributed by atoms with Gasteiger partial charge in [0.25, 0.3) is 0 Å². The van der Waals surface area contributed by atoms with Crippen molar-refractivity contribution in [2.24, 2.45) is 0 Å². The topological polar surface area (TPSA) is 25.8 Å². The van der Waals surface area contributed by atoms with Gasteiger partial charge in [0.1, 0.15) is 0 Å². The molecular weight excluding hydrogens is 252 g/mol. The summed E-state index contributed by atoms with van der Waals surface area (Å²) in [4.78, 5) is 10.2. The second kappa shape index (κ2) is 5.33. The average molecular weight is 266 g/mol. The molecule has 94 valence electrons. The Kier molecular flexibility index (Phi) is 3.38. The summed E-state index contributed by atoms with van der Waals surface area (Å²) in [7, 11) is 0. The van der Waals surface area contributed by atoms with Gasteiger partial charge < -0.3 is 0 Å². The number of aryl methyl sites for hydroxylation is 1. The molecule has 0 unspecified atom stereocenters. The summed E-state index contributed by atoms with van der Waals surface area (Å²) in [6.45, 7) is 2.14. The van der Waals surface area contributed by atoms with Crippen LogP contribution in [0.15, 0.2) is 54.9 Å². The van der Waals surface area contributed by atoms with Crippen LogP contribution in [0.5, 0.6) is 0 Å². The van der Waals surface area contributed by atoms with Gasteiger partial charge in [-0.2, -0.15) is 0 Å². The lowest BCUT2D eigenvalue weighted by Gasteiger charge is -2.01. The van der Waals surface area contributed by atoms with E-state index in [-0.39, 0.29) is 0 Å². The van der Waals surface area contributed by atoms with Crippen molar-refractivity contribution in [3.8, 4) is 21.7 Å². The molecule has 3 aromatic rings. The summed E-state index contributed by atoms with van der Waals surface area (Å²) < 4.78 is 0. The van der Waals surface area contributed by atoms with Crippen LogP contribution in [-0.2, 0) is 6.42 Å². The Balaban J connectivity index is 2.17. The number of rotatable bonds is 3. The zero-order valence-corrected chi connectivity index (χ0v) is 11.5. The predicted molar refractivity (Wildman–Crippen MR) is 80.2 cm³/mol. The highest BCUT2D eigenvalue weighted by Crippen LogP contribution is 2.36. The first-order chi connectivity index (χ1) is 9.38. The van der Waals surface area contributed by atoms with Crippen LogP contribution in [0.25, 0.3) is 21.7 Å². The van der Waals surface area contributed by atoms with Gasteiger partial charge in [-0.05, 0) is 24.1 Å². The monoisotopic (exact) mass is 266 g/mol. The Morgan fingerprint density at radius 2 is 1.79 bits per heavy atom. The normalized spacial score (nSPS) is 10.6. The van der Waals surface area contributed by atoms with E-state index in [0.29, 0.717) is 0 Å². The fraction of sp³-hybridized carbons (Fsp3) is 0.125. The number of nitrogens with zero attached hydrogens (tertiary/aromatic N) is 2. The van der Waals surface area contributed by atoms with Crippen LogP contribution in [0.1, 0.15) is 11.9 Å². The third-order valence-corrected chi connectivity index (χ3v) is 4.19. The van der Waals surface area contributed by atoms with E-state index in [1.165, 1.54) is 10.4 Å². The van der Waals surface area contributed by atoms with E-state index in [4.69, 9.17) is 4.98 Å². The molecule has 3 heteroatoms. The minimum absolute atomic E-state index is 0.963. The largest absolute Gasteiger partial charge is 0.264 e. The maximum Gasteiger partial charge on any atom is 0.0936 e.